The topological polar surface area (TPSA) is 61.0 Å². The zero-order chi connectivity index (χ0) is 18.6. The Bertz CT molecular complexity index is 889. The molecule has 7 heteroatoms. The second-order valence-corrected chi connectivity index (χ2v) is 8.44. The van der Waals surface area contributed by atoms with Crippen molar-refractivity contribution in [1.29, 1.82) is 0 Å². The van der Waals surface area contributed by atoms with Crippen LogP contribution in [-0.2, 0) is 13.0 Å². The third-order valence-corrected chi connectivity index (χ3v) is 6.75. The Kier molecular flexibility index (Phi) is 5.61. The van der Waals surface area contributed by atoms with Gasteiger partial charge in [0, 0.05) is 35.6 Å². The molecule has 0 spiro atoms. The summed E-state index contributed by atoms with van der Waals surface area (Å²) in [5.74, 6) is -0.119. The first-order valence-electron chi connectivity index (χ1n) is 8.95. The van der Waals surface area contributed by atoms with Crippen molar-refractivity contribution in [2.45, 2.75) is 23.9 Å². The number of thioether (sulfide) groups is 1. The van der Waals surface area contributed by atoms with Crippen LogP contribution >= 0.6 is 23.1 Å². The lowest BCUT2D eigenvalue weighted by atomic mass is 10.0. The van der Waals surface area contributed by atoms with E-state index in [-0.39, 0.29) is 11.9 Å². The van der Waals surface area contributed by atoms with E-state index in [1.807, 2.05) is 11.3 Å². The molecule has 1 atom stereocenters. The molecular weight excluding hydrogens is 376 g/mol. The number of aromatic nitrogens is 2. The fourth-order valence-electron chi connectivity index (χ4n) is 3.49. The predicted octanol–water partition coefficient (Wildman–Crippen LogP) is 3.72. The van der Waals surface area contributed by atoms with Gasteiger partial charge in [0.05, 0.1) is 6.04 Å². The van der Waals surface area contributed by atoms with Gasteiger partial charge in [-0.1, -0.05) is 12.1 Å². The van der Waals surface area contributed by atoms with Crippen molar-refractivity contribution in [3.05, 3.63) is 69.7 Å². The molecule has 140 valence electrons. The lowest BCUT2D eigenvalue weighted by Crippen LogP contribution is -2.40. The van der Waals surface area contributed by atoms with Crippen LogP contribution in [0.1, 0.15) is 32.5 Å². The zero-order valence-corrected chi connectivity index (χ0v) is 16.8. The fraction of sp³-hybridized carbons (Fsp3) is 0.300. The maximum atomic E-state index is 12.4. The molecule has 0 bridgehead atoms. The zero-order valence-electron chi connectivity index (χ0n) is 15.1. The summed E-state index contributed by atoms with van der Waals surface area (Å²) in [7, 11) is 0. The molecule has 1 aromatic carbocycles. The van der Waals surface area contributed by atoms with Crippen molar-refractivity contribution in [3.63, 3.8) is 0 Å². The van der Waals surface area contributed by atoms with Crippen molar-refractivity contribution in [2.75, 3.05) is 19.3 Å². The standard InChI is InChI=1S/C20H22N4OS2/c1-26-16-4-2-14(3-5-16)18(12-21-20(25)17-6-9-22-23-17)24-10-7-19-15(13-24)8-11-27-19/h2-6,8-9,11,18H,7,10,12-13H2,1H3,(H,21,25)(H,22,23)/t18-/m1/s1. The third-order valence-electron chi connectivity index (χ3n) is 4.98. The van der Waals surface area contributed by atoms with E-state index in [0.717, 1.165) is 19.5 Å². The molecular formula is C20H22N4OS2. The monoisotopic (exact) mass is 398 g/mol. The largest absolute Gasteiger partial charge is 0.349 e. The number of rotatable bonds is 6. The normalized spacial score (nSPS) is 15.3. The van der Waals surface area contributed by atoms with Crippen LogP contribution in [0.5, 0.6) is 0 Å². The van der Waals surface area contributed by atoms with Gasteiger partial charge in [-0.2, -0.15) is 5.10 Å². The SMILES string of the molecule is CSc1ccc([C@@H](CNC(=O)c2ccn[nH]2)N2CCc3sccc3C2)cc1. The summed E-state index contributed by atoms with van der Waals surface area (Å²) in [6, 6.07) is 12.7. The number of aromatic amines is 1. The highest BCUT2D eigenvalue weighted by molar-refractivity contribution is 7.98. The van der Waals surface area contributed by atoms with Crippen LogP contribution in [0.25, 0.3) is 0 Å². The van der Waals surface area contributed by atoms with Gasteiger partial charge >= 0.3 is 0 Å². The van der Waals surface area contributed by atoms with Crippen molar-refractivity contribution < 1.29 is 4.79 Å². The molecule has 5 nitrogen and oxygen atoms in total. The van der Waals surface area contributed by atoms with Crippen molar-refractivity contribution in [1.82, 2.24) is 20.4 Å². The van der Waals surface area contributed by atoms with Gasteiger partial charge in [-0.05, 0) is 53.4 Å². The molecule has 0 aliphatic carbocycles. The van der Waals surface area contributed by atoms with Crippen LogP contribution in [0.4, 0.5) is 0 Å². The van der Waals surface area contributed by atoms with E-state index >= 15 is 0 Å². The molecule has 0 saturated heterocycles. The van der Waals surface area contributed by atoms with Gasteiger partial charge in [0.2, 0.25) is 0 Å². The Morgan fingerprint density at radius 2 is 2.19 bits per heavy atom. The van der Waals surface area contributed by atoms with Gasteiger partial charge in [0.1, 0.15) is 5.69 Å². The number of fused-ring (bicyclic) bond motifs is 1. The molecule has 0 saturated carbocycles. The van der Waals surface area contributed by atoms with Gasteiger partial charge in [0.25, 0.3) is 5.91 Å². The van der Waals surface area contributed by atoms with E-state index < -0.39 is 0 Å². The number of carbonyl (C=O) groups excluding carboxylic acids is 1. The summed E-state index contributed by atoms with van der Waals surface area (Å²) in [6.45, 7) is 2.49. The van der Waals surface area contributed by atoms with E-state index in [1.165, 1.54) is 20.9 Å². The summed E-state index contributed by atoms with van der Waals surface area (Å²) in [5.41, 5.74) is 3.14. The fourth-order valence-corrected chi connectivity index (χ4v) is 4.79. The number of H-pyrrole nitrogens is 1. The molecule has 4 rings (SSSR count). The predicted molar refractivity (Wildman–Crippen MR) is 110 cm³/mol. The maximum Gasteiger partial charge on any atom is 0.269 e. The summed E-state index contributed by atoms with van der Waals surface area (Å²) in [6.07, 6.45) is 4.75. The van der Waals surface area contributed by atoms with Crippen LogP contribution in [0, 0.1) is 0 Å². The molecule has 3 aromatic rings. The average Bonchev–Trinajstić information content (AvgIpc) is 3.40. The third kappa shape index (κ3) is 4.10. The first-order valence-corrected chi connectivity index (χ1v) is 11.1. The van der Waals surface area contributed by atoms with Crippen LogP contribution in [0.3, 0.4) is 0 Å². The minimum Gasteiger partial charge on any atom is -0.349 e. The number of amides is 1. The first-order chi connectivity index (χ1) is 13.2. The van der Waals surface area contributed by atoms with Gasteiger partial charge in [-0.15, -0.1) is 23.1 Å². The van der Waals surface area contributed by atoms with Gasteiger partial charge < -0.3 is 5.32 Å². The van der Waals surface area contributed by atoms with E-state index in [4.69, 9.17) is 0 Å². The number of benzene rings is 1. The number of nitrogens with one attached hydrogen (secondary N) is 2. The lowest BCUT2D eigenvalue weighted by Gasteiger charge is -2.35. The van der Waals surface area contributed by atoms with Crippen LogP contribution in [0.2, 0.25) is 0 Å². The molecule has 1 aliphatic heterocycles. The van der Waals surface area contributed by atoms with Gasteiger partial charge in [-0.3, -0.25) is 14.8 Å². The molecule has 1 amide bonds. The number of hydrogen-bond donors (Lipinski definition) is 2. The molecule has 27 heavy (non-hydrogen) atoms. The number of nitrogens with zero attached hydrogens (tertiary/aromatic N) is 2. The summed E-state index contributed by atoms with van der Waals surface area (Å²) in [4.78, 5) is 17.6. The average molecular weight is 399 g/mol. The minimum atomic E-state index is -0.119. The minimum absolute atomic E-state index is 0.119. The summed E-state index contributed by atoms with van der Waals surface area (Å²) >= 11 is 3.59. The second kappa shape index (κ2) is 8.29. The molecule has 2 N–H and O–H groups in total. The smallest absolute Gasteiger partial charge is 0.269 e. The number of carbonyl (C=O) groups is 1. The Morgan fingerprint density at radius 1 is 1.33 bits per heavy atom. The Morgan fingerprint density at radius 3 is 2.93 bits per heavy atom. The lowest BCUT2D eigenvalue weighted by molar-refractivity contribution is 0.0923. The quantitative estimate of drug-likeness (QED) is 0.621. The molecule has 3 heterocycles. The van der Waals surface area contributed by atoms with Crippen molar-refractivity contribution >= 4 is 29.0 Å². The van der Waals surface area contributed by atoms with Crippen molar-refractivity contribution in [2.24, 2.45) is 0 Å². The van der Waals surface area contributed by atoms with E-state index in [9.17, 15) is 4.79 Å². The number of thiophene rings is 1. The Hall–Kier alpha value is -2.09. The summed E-state index contributed by atoms with van der Waals surface area (Å²) < 4.78 is 0. The van der Waals surface area contributed by atoms with Crippen LogP contribution in [-0.4, -0.2) is 40.3 Å². The summed E-state index contributed by atoms with van der Waals surface area (Å²) in [5, 5.41) is 11.8. The highest BCUT2D eigenvalue weighted by atomic mass is 32.2. The van der Waals surface area contributed by atoms with E-state index in [0.29, 0.717) is 12.2 Å². The second-order valence-electron chi connectivity index (χ2n) is 6.56. The maximum absolute atomic E-state index is 12.4. The van der Waals surface area contributed by atoms with Crippen LogP contribution < -0.4 is 5.32 Å². The van der Waals surface area contributed by atoms with Gasteiger partial charge in [0.15, 0.2) is 0 Å². The van der Waals surface area contributed by atoms with Gasteiger partial charge in [-0.25, -0.2) is 0 Å². The molecule has 0 radical (unpaired) electrons. The first kappa shape index (κ1) is 18.3. The molecule has 0 fully saturated rings. The highest BCUT2D eigenvalue weighted by Crippen LogP contribution is 2.31. The molecule has 1 aliphatic rings. The highest BCUT2D eigenvalue weighted by Gasteiger charge is 2.26. The Balaban J connectivity index is 1.54. The van der Waals surface area contributed by atoms with Crippen LogP contribution in [0.15, 0.2) is 52.9 Å². The Labute approximate surface area is 167 Å². The van der Waals surface area contributed by atoms with E-state index in [2.05, 4.69) is 62.4 Å². The number of hydrogen-bond acceptors (Lipinski definition) is 5. The van der Waals surface area contributed by atoms with E-state index in [1.54, 1.807) is 24.0 Å². The van der Waals surface area contributed by atoms with Crippen molar-refractivity contribution in [3.8, 4) is 0 Å². The molecule has 0 unspecified atom stereocenters. The molecule has 2 aromatic heterocycles.